The summed E-state index contributed by atoms with van der Waals surface area (Å²) in [4.78, 5) is 11.6. The fourth-order valence-corrected chi connectivity index (χ4v) is 2.31. The molecule has 0 bridgehead atoms. The molecule has 2 rings (SSSR count). The number of rotatable bonds is 2. The van der Waals surface area contributed by atoms with Gasteiger partial charge < -0.3 is 4.74 Å². The highest BCUT2D eigenvalue weighted by atomic mass is 16.6. The number of carbonyl (C=O) groups excluding carboxylic acids is 1. The number of carbonyl (C=O) groups is 1. The average molecular weight is 168 g/mol. The highest BCUT2D eigenvalue weighted by Gasteiger charge is 2.60. The first-order valence-corrected chi connectivity index (χ1v) is 5.01. The molecule has 1 aliphatic heterocycles. The summed E-state index contributed by atoms with van der Waals surface area (Å²) in [5, 5.41) is 0. The molecule has 1 saturated carbocycles. The van der Waals surface area contributed by atoms with Gasteiger partial charge in [0.1, 0.15) is 0 Å². The Labute approximate surface area is 73.3 Å². The third-order valence-corrected chi connectivity index (χ3v) is 3.12. The van der Waals surface area contributed by atoms with E-state index in [4.69, 9.17) is 4.74 Å². The van der Waals surface area contributed by atoms with Crippen LogP contribution in [0.4, 0.5) is 0 Å². The predicted octanol–water partition coefficient (Wildman–Crippen LogP) is 2.07. The zero-order chi connectivity index (χ0) is 8.60. The molecule has 2 aliphatic rings. The van der Waals surface area contributed by atoms with Gasteiger partial charge in [-0.1, -0.05) is 26.2 Å². The molecule has 0 amide bonds. The van der Waals surface area contributed by atoms with E-state index in [1.807, 2.05) is 6.92 Å². The fraction of sp³-hybridized carbons (Fsp3) is 0.900. The van der Waals surface area contributed by atoms with Gasteiger partial charge in [0.25, 0.3) is 0 Å². The predicted molar refractivity (Wildman–Crippen MR) is 46.0 cm³/mol. The largest absolute Gasteiger partial charge is 0.358 e. The molecule has 0 radical (unpaired) electrons. The van der Waals surface area contributed by atoms with Gasteiger partial charge in [0, 0.05) is 6.42 Å². The molecule has 0 N–H and O–H groups in total. The van der Waals surface area contributed by atoms with Crippen molar-refractivity contribution >= 4 is 5.78 Å². The first-order chi connectivity index (χ1) is 5.79. The van der Waals surface area contributed by atoms with Crippen molar-refractivity contribution < 1.29 is 9.53 Å². The summed E-state index contributed by atoms with van der Waals surface area (Å²) >= 11 is 0. The van der Waals surface area contributed by atoms with Crippen LogP contribution in [0, 0.1) is 0 Å². The normalized spacial score (nSPS) is 39.9. The Morgan fingerprint density at radius 2 is 2.33 bits per heavy atom. The third kappa shape index (κ3) is 1.09. The van der Waals surface area contributed by atoms with Crippen LogP contribution in [0.3, 0.4) is 0 Å². The number of Topliss-reactive ketones (excluding diaryl/α,β-unsaturated/α-hetero) is 1. The highest BCUT2D eigenvalue weighted by molar-refractivity contribution is 5.90. The van der Waals surface area contributed by atoms with Gasteiger partial charge in [0.05, 0.1) is 6.10 Å². The molecule has 0 aromatic heterocycles. The topological polar surface area (TPSA) is 29.6 Å². The van der Waals surface area contributed by atoms with Crippen LogP contribution in [0.2, 0.25) is 0 Å². The van der Waals surface area contributed by atoms with E-state index in [1.165, 1.54) is 19.3 Å². The number of hydrogen-bond acceptors (Lipinski definition) is 2. The van der Waals surface area contributed by atoms with Crippen molar-refractivity contribution in [1.82, 2.24) is 0 Å². The van der Waals surface area contributed by atoms with Gasteiger partial charge in [0.15, 0.2) is 11.4 Å². The Kier molecular flexibility index (Phi) is 1.95. The summed E-state index contributed by atoms with van der Waals surface area (Å²) in [7, 11) is 0. The lowest BCUT2D eigenvalue weighted by Gasteiger charge is -2.07. The van der Waals surface area contributed by atoms with Gasteiger partial charge in [-0.3, -0.25) is 4.79 Å². The van der Waals surface area contributed by atoms with E-state index >= 15 is 0 Å². The van der Waals surface area contributed by atoms with Crippen molar-refractivity contribution in [3.05, 3.63) is 0 Å². The summed E-state index contributed by atoms with van der Waals surface area (Å²) in [6, 6.07) is 0. The maximum absolute atomic E-state index is 11.6. The quantitative estimate of drug-likeness (QED) is 0.591. The smallest absolute Gasteiger partial charge is 0.167 e. The number of ether oxygens (including phenoxy) is 1. The molecule has 2 nitrogen and oxygen atoms in total. The first kappa shape index (κ1) is 8.24. The number of hydrogen-bond donors (Lipinski definition) is 0. The minimum atomic E-state index is -0.300. The minimum Gasteiger partial charge on any atom is -0.358 e. The van der Waals surface area contributed by atoms with E-state index < -0.39 is 0 Å². The Morgan fingerprint density at radius 3 is 3.08 bits per heavy atom. The van der Waals surface area contributed by atoms with E-state index in [-0.39, 0.29) is 11.7 Å². The van der Waals surface area contributed by atoms with Gasteiger partial charge in [0.2, 0.25) is 0 Å². The molecule has 2 heteroatoms. The highest BCUT2D eigenvalue weighted by Crippen LogP contribution is 2.47. The summed E-state index contributed by atoms with van der Waals surface area (Å²) < 4.78 is 5.55. The summed E-state index contributed by atoms with van der Waals surface area (Å²) in [6.07, 6.45) is 6.68. The van der Waals surface area contributed by atoms with Crippen LogP contribution in [0.5, 0.6) is 0 Å². The van der Waals surface area contributed by atoms with E-state index in [0.29, 0.717) is 12.2 Å². The van der Waals surface area contributed by atoms with Crippen molar-refractivity contribution in [1.29, 1.82) is 0 Å². The third-order valence-electron chi connectivity index (χ3n) is 3.12. The monoisotopic (exact) mass is 168 g/mol. The zero-order valence-corrected chi connectivity index (χ0v) is 7.64. The second-order valence-corrected chi connectivity index (χ2v) is 3.87. The molecule has 0 aromatic carbocycles. The second-order valence-electron chi connectivity index (χ2n) is 3.87. The molecular weight excluding hydrogens is 152 g/mol. The number of epoxide rings is 1. The van der Waals surface area contributed by atoms with Crippen LogP contribution >= 0.6 is 0 Å². The van der Waals surface area contributed by atoms with E-state index in [0.717, 1.165) is 12.8 Å². The van der Waals surface area contributed by atoms with E-state index in [1.54, 1.807) is 0 Å². The molecule has 1 heterocycles. The molecule has 2 atom stereocenters. The van der Waals surface area contributed by atoms with Crippen molar-refractivity contribution in [3.63, 3.8) is 0 Å². The van der Waals surface area contributed by atoms with Crippen LogP contribution in [0.15, 0.2) is 0 Å². The van der Waals surface area contributed by atoms with Crippen LogP contribution in [0.1, 0.15) is 45.4 Å². The molecular formula is C10H16O2. The SMILES string of the molecule is CCC(=O)[C@@]12CCCCC[C@@H]1O2. The standard InChI is InChI=1S/C10H16O2/c1-2-8(11)10-7-5-3-4-6-9(10)12-10/h9H,2-7H2,1H3/t9-,10-/m0/s1. The van der Waals surface area contributed by atoms with Gasteiger partial charge in [-0.2, -0.15) is 0 Å². The summed E-state index contributed by atoms with van der Waals surface area (Å²) in [5.41, 5.74) is -0.300. The Hall–Kier alpha value is -0.370. The lowest BCUT2D eigenvalue weighted by molar-refractivity contribution is -0.124. The number of ketones is 1. The average Bonchev–Trinajstić information content (AvgIpc) is 2.76. The molecule has 1 saturated heterocycles. The Bertz CT molecular complexity index is 200. The lowest BCUT2D eigenvalue weighted by atomic mass is 9.93. The maximum Gasteiger partial charge on any atom is 0.167 e. The molecule has 12 heavy (non-hydrogen) atoms. The maximum atomic E-state index is 11.6. The molecule has 0 spiro atoms. The first-order valence-electron chi connectivity index (χ1n) is 5.01. The van der Waals surface area contributed by atoms with Crippen molar-refractivity contribution in [3.8, 4) is 0 Å². The summed E-state index contributed by atoms with van der Waals surface area (Å²) in [5.74, 6) is 0.328. The van der Waals surface area contributed by atoms with Crippen molar-refractivity contribution in [2.45, 2.75) is 57.2 Å². The zero-order valence-electron chi connectivity index (χ0n) is 7.64. The second kappa shape index (κ2) is 2.84. The molecule has 68 valence electrons. The number of fused-ring (bicyclic) bond motifs is 1. The van der Waals surface area contributed by atoms with Gasteiger partial charge in [-0.05, 0) is 12.8 Å². The van der Waals surface area contributed by atoms with Crippen molar-refractivity contribution in [2.75, 3.05) is 0 Å². The van der Waals surface area contributed by atoms with Crippen LogP contribution in [-0.4, -0.2) is 17.5 Å². The van der Waals surface area contributed by atoms with Gasteiger partial charge in [-0.15, -0.1) is 0 Å². The van der Waals surface area contributed by atoms with Crippen LogP contribution in [-0.2, 0) is 9.53 Å². The Balaban J connectivity index is 2.06. The fourth-order valence-electron chi connectivity index (χ4n) is 2.31. The minimum absolute atomic E-state index is 0.285. The molecule has 2 fully saturated rings. The van der Waals surface area contributed by atoms with Crippen molar-refractivity contribution in [2.24, 2.45) is 0 Å². The van der Waals surface area contributed by atoms with Crippen LogP contribution < -0.4 is 0 Å². The van der Waals surface area contributed by atoms with Gasteiger partial charge >= 0.3 is 0 Å². The van der Waals surface area contributed by atoms with Crippen LogP contribution in [0.25, 0.3) is 0 Å². The molecule has 0 unspecified atom stereocenters. The molecule has 1 aliphatic carbocycles. The lowest BCUT2D eigenvalue weighted by Crippen LogP contribution is -2.25. The van der Waals surface area contributed by atoms with E-state index in [9.17, 15) is 4.79 Å². The molecule has 0 aromatic rings. The summed E-state index contributed by atoms with van der Waals surface area (Å²) in [6.45, 7) is 1.93. The Morgan fingerprint density at radius 1 is 1.50 bits per heavy atom. The van der Waals surface area contributed by atoms with E-state index in [2.05, 4.69) is 0 Å². The van der Waals surface area contributed by atoms with Gasteiger partial charge in [-0.25, -0.2) is 0 Å².